The molecule has 2 atom stereocenters. The van der Waals surface area contributed by atoms with Gasteiger partial charge in [0.2, 0.25) is 5.91 Å². The van der Waals surface area contributed by atoms with Crippen LogP contribution >= 0.6 is 0 Å². The average Bonchev–Trinajstić information content (AvgIpc) is 2.99. The first-order chi connectivity index (χ1) is 13.9. The fourth-order valence-electron chi connectivity index (χ4n) is 4.11. The molecule has 6 heteroatoms. The van der Waals surface area contributed by atoms with Gasteiger partial charge in [0.1, 0.15) is 19.3 Å². The van der Waals surface area contributed by atoms with Crippen molar-refractivity contribution in [2.45, 2.75) is 45.8 Å². The fraction of sp³-hybridized carbons (Fsp3) is 0.391. The standard InChI is InChI=1S/C23H25NO5/c1-14-11-15(2)13-18(12-14)21-16(3)24(23(26)29-21)20(25)8-7-17-5-4-6-19-22(17)28-10-9-27-19/h4-6,11-13,16,21H,7-10H2,1-3H3/t16-,21-/m0/s1. The molecular formula is C23H25NO5. The Kier molecular flexibility index (Phi) is 5.18. The van der Waals surface area contributed by atoms with E-state index in [2.05, 4.69) is 6.07 Å². The van der Waals surface area contributed by atoms with E-state index in [4.69, 9.17) is 14.2 Å². The number of carbonyl (C=O) groups excluding carboxylic acids is 2. The molecule has 29 heavy (non-hydrogen) atoms. The number of ether oxygens (including phenoxy) is 3. The Bertz CT molecular complexity index is 934. The van der Waals surface area contributed by atoms with E-state index in [1.54, 1.807) is 0 Å². The minimum atomic E-state index is -0.582. The van der Waals surface area contributed by atoms with Crippen molar-refractivity contribution in [3.63, 3.8) is 0 Å². The van der Waals surface area contributed by atoms with Gasteiger partial charge in [0.05, 0.1) is 6.04 Å². The number of carbonyl (C=O) groups is 2. The number of fused-ring (bicyclic) bond motifs is 1. The molecule has 4 rings (SSSR count). The summed E-state index contributed by atoms with van der Waals surface area (Å²) in [6.07, 6.45) is -0.373. The summed E-state index contributed by atoms with van der Waals surface area (Å²) in [4.78, 5) is 26.6. The van der Waals surface area contributed by atoms with Gasteiger partial charge < -0.3 is 14.2 Å². The number of hydrogen-bond donors (Lipinski definition) is 0. The number of nitrogens with zero attached hydrogens (tertiary/aromatic N) is 1. The van der Waals surface area contributed by atoms with Crippen LogP contribution in [0.15, 0.2) is 36.4 Å². The second kappa shape index (κ2) is 7.78. The molecule has 2 aliphatic rings. The summed E-state index contributed by atoms with van der Waals surface area (Å²) in [5, 5.41) is 0. The lowest BCUT2D eigenvalue weighted by molar-refractivity contribution is -0.129. The van der Waals surface area contributed by atoms with E-state index in [9.17, 15) is 9.59 Å². The van der Waals surface area contributed by atoms with Gasteiger partial charge in [-0.25, -0.2) is 9.69 Å². The third kappa shape index (κ3) is 3.79. The zero-order valence-electron chi connectivity index (χ0n) is 16.9. The van der Waals surface area contributed by atoms with Crippen LogP contribution < -0.4 is 9.47 Å². The van der Waals surface area contributed by atoms with Gasteiger partial charge in [-0.2, -0.15) is 0 Å². The van der Waals surface area contributed by atoms with E-state index in [1.165, 1.54) is 4.90 Å². The van der Waals surface area contributed by atoms with Gasteiger partial charge in [0.15, 0.2) is 11.5 Å². The van der Waals surface area contributed by atoms with Gasteiger partial charge in [-0.15, -0.1) is 0 Å². The highest BCUT2D eigenvalue weighted by Gasteiger charge is 2.43. The maximum atomic E-state index is 12.9. The van der Waals surface area contributed by atoms with Crippen molar-refractivity contribution in [2.75, 3.05) is 13.2 Å². The molecule has 0 N–H and O–H groups in total. The van der Waals surface area contributed by atoms with E-state index in [-0.39, 0.29) is 18.4 Å². The summed E-state index contributed by atoms with van der Waals surface area (Å²) in [5.74, 6) is 1.14. The normalized spacial score (nSPS) is 20.5. The lowest BCUT2D eigenvalue weighted by Crippen LogP contribution is -2.38. The number of imide groups is 1. The molecule has 6 nitrogen and oxygen atoms in total. The van der Waals surface area contributed by atoms with Crippen LogP contribution in [0.25, 0.3) is 0 Å². The van der Waals surface area contributed by atoms with Crippen LogP contribution in [0.5, 0.6) is 11.5 Å². The van der Waals surface area contributed by atoms with Crippen LogP contribution in [0.3, 0.4) is 0 Å². The Balaban J connectivity index is 1.47. The number of rotatable bonds is 4. The molecule has 1 fully saturated rings. The summed E-state index contributed by atoms with van der Waals surface area (Å²) >= 11 is 0. The molecular weight excluding hydrogens is 370 g/mol. The van der Waals surface area contributed by atoms with Gasteiger partial charge in [-0.05, 0) is 44.4 Å². The van der Waals surface area contributed by atoms with Crippen molar-refractivity contribution in [3.8, 4) is 11.5 Å². The minimum Gasteiger partial charge on any atom is -0.486 e. The van der Waals surface area contributed by atoms with Gasteiger partial charge >= 0.3 is 6.09 Å². The highest BCUT2D eigenvalue weighted by atomic mass is 16.6. The first kappa shape index (κ1) is 19.3. The topological polar surface area (TPSA) is 65.1 Å². The molecule has 0 aromatic heterocycles. The number of aryl methyl sites for hydroxylation is 3. The molecule has 1 saturated heterocycles. The molecule has 2 aromatic carbocycles. The molecule has 2 aliphatic heterocycles. The Morgan fingerprint density at radius 1 is 1.10 bits per heavy atom. The zero-order chi connectivity index (χ0) is 20.5. The molecule has 0 radical (unpaired) electrons. The van der Waals surface area contributed by atoms with Crippen LogP contribution in [0.1, 0.15) is 41.7 Å². The smallest absolute Gasteiger partial charge is 0.417 e. The predicted octanol–water partition coefficient (Wildman–Crippen LogP) is 4.12. The van der Waals surface area contributed by atoms with Crippen molar-refractivity contribution < 1.29 is 23.8 Å². The second-order valence-corrected chi connectivity index (χ2v) is 7.67. The number of para-hydroxylation sites is 1. The van der Waals surface area contributed by atoms with Crippen molar-refractivity contribution in [1.29, 1.82) is 0 Å². The zero-order valence-corrected chi connectivity index (χ0v) is 16.9. The van der Waals surface area contributed by atoms with Crippen LogP contribution in [-0.2, 0) is 16.0 Å². The fourth-order valence-corrected chi connectivity index (χ4v) is 4.11. The molecule has 2 amide bonds. The van der Waals surface area contributed by atoms with Crippen LogP contribution in [0.4, 0.5) is 4.79 Å². The van der Waals surface area contributed by atoms with Crippen molar-refractivity contribution >= 4 is 12.0 Å². The molecule has 0 bridgehead atoms. The largest absolute Gasteiger partial charge is 0.486 e. The summed E-state index contributed by atoms with van der Waals surface area (Å²) in [6.45, 7) is 6.88. The molecule has 0 spiro atoms. The first-order valence-corrected chi connectivity index (χ1v) is 9.92. The van der Waals surface area contributed by atoms with E-state index in [0.717, 1.165) is 22.3 Å². The van der Waals surface area contributed by atoms with Crippen molar-refractivity contribution in [3.05, 3.63) is 58.7 Å². The number of benzene rings is 2. The highest BCUT2D eigenvalue weighted by Crippen LogP contribution is 2.36. The number of cyclic esters (lactones) is 1. The molecule has 0 aliphatic carbocycles. The third-order valence-corrected chi connectivity index (χ3v) is 5.37. The van der Waals surface area contributed by atoms with Gasteiger partial charge in [-0.3, -0.25) is 4.79 Å². The molecule has 0 saturated carbocycles. The van der Waals surface area contributed by atoms with Crippen LogP contribution in [-0.4, -0.2) is 36.2 Å². The summed E-state index contributed by atoms with van der Waals surface area (Å²) < 4.78 is 16.9. The number of hydrogen-bond acceptors (Lipinski definition) is 5. The van der Waals surface area contributed by atoms with Gasteiger partial charge in [0, 0.05) is 6.42 Å². The quantitative estimate of drug-likeness (QED) is 0.779. The van der Waals surface area contributed by atoms with E-state index < -0.39 is 12.2 Å². The van der Waals surface area contributed by atoms with E-state index in [1.807, 2.05) is 51.1 Å². The Labute approximate surface area is 170 Å². The van der Waals surface area contributed by atoms with E-state index >= 15 is 0 Å². The molecule has 2 heterocycles. The van der Waals surface area contributed by atoms with Crippen molar-refractivity contribution in [2.24, 2.45) is 0 Å². The lowest BCUT2D eigenvalue weighted by atomic mass is 9.98. The van der Waals surface area contributed by atoms with Gasteiger partial charge in [0.25, 0.3) is 0 Å². The third-order valence-electron chi connectivity index (χ3n) is 5.37. The average molecular weight is 395 g/mol. The van der Waals surface area contributed by atoms with Crippen LogP contribution in [0, 0.1) is 13.8 Å². The Morgan fingerprint density at radius 2 is 1.83 bits per heavy atom. The van der Waals surface area contributed by atoms with Crippen molar-refractivity contribution in [1.82, 2.24) is 4.90 Å². The van der Waals surface area contributed by atoms with E-state index in [0.29, 0.717) is 31.1 Å². The maximum Gasteiger partial charge on any atom is 0.417 e. The molecule has 152 valence electrons. The molecule has 0 unspecified atom stereocenters. The summed E-state index contributed by atoms with van der Waals surface area (Å²) in [6, 6.07) is 11.4. The SMILES string of the molecule is Cc1cc(C)cc([C@H]2OC(=O)N(C(=O)CCc3cccc4c3OCCO4)[C@H]2C)c1. The first-order valence-electron chi connectivity index (χ1n) is 9.92. The Morgan fingerprint density at radius 3 is 2.59 bits per heavy atom. The Hall–Kier alpha value is -3.02. The monoisotopic (exact) mass is 395 g/mol. The maximum absolute atomic E-state index is 12.9. The lowest BCUT2D eigenvalue weighted by Gasteiger charge is -2.22. The summed E-state index contributed by atoms with van der Waals surface area (Å²) in [7, 11) is 0. The second-order valence-electron chi connectivity index (χ2n) is 7.67. The molecule has 2 aromatic rings. The van der Waals surface area contributed by atoms with Gasteiger partial charge in [-0.1, -0.05) is 41.5 Å². The predicted molar refractivity (Wildman–Crippen MR) is 107 cm³/mol. The number of amides is 2. The highest BCUT2D eigenvalue weighted by molar-refractivity contribution is 5.94. The summed E-state index contributed by atoms with van der Waals surface area (Å²) in [5.41, 5.74) is 4.02. The van der Waals surface area contributed by atoms with Crippen LogP contribution in [0.2, 0.25) is 0 Å². The minimum absolute atomic E-state index is 0.193.